The van der Waals surface area contributed by atoms with Crippen molar-refractivity contribution in [2.75, 3.05) is 66.6 Å². The molecule has 0 radical (unpaired) electrons. The van der Waals surface area contributed by atoms with Gasteiger partial charge in [-0.25, -0.2) is 0 Å². The van der Waals surface area contributed by atoms with E-state index in [0.29, 0.717) is 6.04 Å². The van der Waals surface area contributed by atoms with Gasteiger partial charge in [-0.2, -0.15) is 0 Å². The van der Waals surface area contributed by atoms with Gasteiger partial charge in [0.15, 0.2) is 5.96 Å². The van der Waals surface area contributed by atoms with Crippen molar-refractivity contribution in [2.45, 2.75) is 32.2 Å². The Hall–Kier alpha value is -0.900. The Morgan fingerprint density at radius 2 is 1.90 bits per heavy atom. The first-order valence-corrected chi connectivity index (χ1v) is 10.7. The van der Waals surface area contributed by atoms with Crippen molar-refractivity contribution >= 4 is 29.9 Å². The number of nitrogens with one attached hydrogen (secondary N) is 2. The third kappa shape index (κ3) is 10.1. The molecule has 1 aromatic carbocycles. The molecule has 1 atom stereocenters. The summed E-state index contributed by atoms with van der Waals surface area (Å²) in [5.41, 5.74) is 1.36. The number of ether oxygens (including phenoxy) is 1. The quantitative estimate of drug-likeness (QED) is 0.193. The van der Waals surface area contributed by atoms with Gasteiger partial charge in [0.05, 0.1) is 19.2 Å². The number of benzene rings is 1. The van der Waals surface area contributed by atoms with Gasteiger partial charge in [0, 0.05) is 26.7 Å². The minimum Gasteiger partial charge on any atom is -0.383 e. The molecule has 1 saturated heterocycles. The van der Waals surface area contributed by atoms with Gasteiger partial charge in [-0.05, 0) is 58.4 Å². The number of nitrogens with zero attached hydrogens (tertiary/aromatic N) is 3. The molecule has 0 spiro atoms. The van der Waals surface area contributed by atoms with E-state index < -0.39 is 0 Å². The lowest BCUT2D eigenvalue weighted by Crippen LogP contribution is -2.39. The zero-order chi connectivity index (χ0) is 20.0. The maximum atomic E-state index is 5.13. The van der Waals surface area contributed by atoms with Gasteiger partial charge in [-0.3, -0.25) is 9.89 Å². The van der Waals surface area contributed by atoms with Crippen LogP contribution in [-0.2, 0) is 4.74 Å². The van der Waals surface area contributed by atoms with Crippen LogP contribution in [0.2, 0.25) is 0 Å². The molecule has 1 aromatic rings. The largest absolute Gasteiger partial charge is 0.383 e. The molecule has 0 aromatic heterocycles. The smallest absolute Gasteiger partial charge is 0.191 e. The summed E-state index contributed by atoms with van der Waals surface area (Å²) < 4.78 is 5.13. The molecule has 7 heteroatoms. The van der Waals surface area contributed by atoms with Gasteiger partial charge >= 0.3 is 0 Å². The maximum absolute atomic E-state index is 5.13. The fourth-order valence-corrected chi connectivity index (χ4v) is 3.59. The summed E-state index contributed by atoms with van der Waals surface area (Å²) in [5.74, 6) is 0.919. The lowest BCUT2D eigenvalue weighted by molar-refractivity contribution is 0.161. The Bertz CT molecular complexity index is 551. The second-order valence-corrected chi connectivity index (χ2v) is 7.47. The maximum Gasteiger partial charge on any atom is 0.191 e. The minimum absolute atomic E-state index is 0. The fraction of sp³-hybridized carbons (Fsp3) is 0.682. The summed E-state index contributed by atoms with van der Waals surface area (Å²) >= 11 is 0. The van der Waals surface area contributed by atoms with Gasteiger partial charge in [0.1, 0.15) is 0 Å². The number of rotatable bonds is 12. The normalized spacial score (nSPS) is 15.9. The molecule has 0 saturated carbocycles. The molecular weight excluding hydrogens is 477 g/mol. The molecule has 29 heavy (non-hydrogen) atoms. The van der Waals surface area contributed by atoms with E-state index >= 15 is 0 Å². The minimum atomic E-state index is 0. The summed E-state index contributed by atoms with van der Waals surface area (Å²) in [6, 6.07) is 11.2. The number of guanidine groups is 1. The van der Waals surface area contributed by atoms with Crippen LogP contribution in [0, 0.1) is 0 Å². The standard InChI is InChI=1S/C22H39N5O.HI/c1-4-23-22(24-13-10-14-26(2)17-18-28-3)25-19-21(27-15-8-9-16-27)20-11-6-5-7-12-20;/h5-7,11-12,21H,4,8-10,13-19H2,1-3H3,(H2,23,24,25);1H. The SMILES string of the molecule is CCNC(=NCC(c1ccccc1)N1CCCC1)NCCCN(C)CCOC.I. The summed E-state index contributed by atoms with van der Waals surface area (Å²) in [6.07, 6.45) is 3.67. The number of aliphatic imine (C=N–C) groups is 1. The van der Waals surface area contributed by atoms with Crippen LogP contribution in [0.5, 0.6) is 0 Å². The van der Waals surface area contributed by atoms with Crippen molar-refractivity contribution in [1.82, 2.24) is 20.4 Å². The van der Waals surface area contributed by atoms with Gasteiger partial charge in [0.25, 0.3) is 0 Å². The highest BCUT2D eigenvalue weighted by atomic mass is 127. The van der Waals surface area contributed by atoms with Crippen molar-refractivity contribution in [1.29, 1.82) is 0 Å². The first-order chi connectivity index (χ1) is 13.7. The molecule has 1 aliphatic heterocycles. The molecule has 0 aliphatic carbocycles. The Balaban J connectivity index is 0.00000420. The highest BCUT2D eigenvalue weighted by molar-refractivity contribution is 14.0. The van der Waals surface area contributed by atoms with E-state index in [-0.39, 0.29) is 24.0 Å². The Morgan fingerprint density at radius 3 is 2.55 bits per heavy atom. The second-order valence-electron chi connectivity index (χ2n) is 7.47. The lowest BCUT2D eigenvalue weighted by atomic mass is 10.1. The van der Waals surface area contributed by atoms with Gasteiger partial charge in [0.2, 0.25) is 0 Å². The molecule has 1 aliphatic rings. The van der Waals surface area contributed by atoms with E-state index in [4.69, 9.17) is 9.73 Å². The van der Waals surface area contributed by atoms with Crippen molar-refractivity contribution in [3.8, 4) is 0 Å². The topological polar surface area (TPSA) is 52.1 Å². The van der Waals surface area contributed by atoms with Gasteiger partial charge in [-0.15, -0.1) is 24.0 Å². The van der Waals surface area contributed by atoms with Crippen molar-refractivity contribution in [3.63, 3.8) is 0 Å². The van der Waals surface area contributed by atoms with E-state index in [1.165, 1.54) is 31.5 Å². The number of hydrogen-bond donors (Lipinski definition) is 2. The first kappa shape index (κ1) is 26.1. The average Bonchev–Trinajstić information content (AvgIpc) is 3.25. The molecule has 2 rings (SSSR count). The molecule has 0 bridgehead atoms. The molecular formula is C22H40IN5O. The number of halogens is 1. The van der Waals surface area contributed by atoms with E-state index in [1.54, 1.807) is 7.11 Å². The summed E-state index contributed by atoms with van der Waals surface area (Å²) in [6.45, 7) is 9.85. The van der Waals surface area contributed by atoms with Crippen LogP contribution in [0.1, 0.15) is 37.8 Å². The third-order valence-corrected chi connectivity index (χ3v) is 5.22. The Kier molecular flexibility index (Phi) is 14.3. The summed E-state index contributed by atoms with van der Waals surface area (Å²) in [4.78, 5) is 9.80. The van der Waals surface area contributed by atoms with Crippen LogP contribution < -0.4 is 10.6 Å². The Labute approximate surface area is 194 Å². The molecule has 166 valence electrons. The van der Waals surface area contributed by atoms with E-state index in [2.05, 4.69) is 64.7 Å². The lowest BCUT2D eigenvalue weighted by Gasteiger charge is -2.27. The first-order valence-electron chi connectivity index (χ1n) is 10.7. The van der Waals surface area contributed by atoms with Gasteiger partial charge < -0.3 is 20.3 Å². The number of hydrogen-bond acceptors (Lipinski definition) is 4. The van der Waals surface area contributed by atoms with Gasteiger partial charge in [-0.1, -0.05) is 30.3 Å². The van der Waals surface area contributed by atoms with E-state index in [0.717, 1.165) is 51.7 Å². The van der Waals surface area contributed by atoms with Crippen LogP contribution in [0.4, 0.5) is 0 Å². The second kappa shape index (κ2) is 15.9. The third-order valence-electron chi connectivity index (χ3n) is 5.22. The van der Waals surface area contributed by atoms with E-state index in [9.17, 15) is 0 Å². The molecule has 1 unspecified atom stereocenters. The number of likely N-dealkylation sites (N-methyl/N-ethyl adjacent to an activating group) is 1. The zero-order valence-corrected chi connectivity index (χ0v) is 20.7. The highest BCUT2D eigenvalue weighted by Gasteiger charge is 2.23. The van der Waals surface area contributed by atoms with Crippen molar-refractivity contribution in [2.24, 2.45) is 4.99 Å². The fourth-order valence-electron chi connectivity index (χ4n) is 3.59. The average molecular weight is 518 g/mol. The monoisotopic (exact) mass is 517 g/mol. The number of methoxy groups -OCH3 is 1. The molecule has 1 fully saturated rings. The van der Waals surface area contributed by atoms with E-state index in [1.807, 2.05) is 0 Å². The van der Waals surface area contributed by atoms with Crippen molar-refractivity contribution < 1.29 is 4.74 Å². The van der Waals surface area contributed by atoms with Crippen LogP contribution in [0.3, 0.4) is 0 Å². The van der Waals surface area contributed by atoms with Crippen LogP contribution in [0.15, 0.2) is 35.3 Å². The Morgan fingerprint density at radius 1 is 1.17 bits per heavy atom. The van der Waals surface area contributed by atoms with Crippen LogP contribution in [-0.4, -0.2) is 82.3 Å². The zero-order valence-electron chi connectivity index (χ0n) is 18.4. The van der Waals surface area contributed by atoms with Crippen molar-refractivity contribution in [3.05, 3.63) is 35.9 Å². The van der Waals surface area contributed by atoms with Crippen LogP contribution >= 0.6 is 24.0 Å². The highest BCUT2D eigenvalue weighted by Crippen LogP contribution is 2.25. The summed E-state index contributed by atoms with van der Waals surface area (Å²) in [7, 11) is 3.89. The molecule has 2 N–H and O–H groups in total. The molecule has 6 nitrogen and oxygen atoms in total. The van der Waals surface area contributed by atoms with Crippen LogP contribution in [0.25, 0.3) is 0 Å². The molecule has 0 amide bonds. The molecule has 1 heterocycles. The predicted octanol–water partition coefficient (Wildman–Crippen LogP) is 2.96. The predicted molar refractivity (Wildman–Crippen MR) is 133 cm³/mol. The number of likely N-dealkylation sites (tertiary alicyclic amines) is 1. The summed E-state index contributed by atoms with van der Waals surface area (Å²) in [5, 5.41) is 6.88.